The molecule has 0 aliphatic heterocycles. The van der Waals surface area contributed by atoms with E-state index < -0.39 is 0 Å². The molecule has 0 aliphatic carbocycles. The number of rotatable bonds is 3. The topological polar surface area (TPSA) is 38.9 Å². The molecule has 0 saturated carbocycles. The second-order valence-electron chi connectivity index (χ2n) is 4.56. The molecule has 106 valence electrons. The quantitative estimate of drug-likeness (QED) is 0.723. The molecule has 0 atom stereocenters. The second-order valence-corrected chi connectivity index (χ2v) is 6.34. The summed E-state index contributed by atoms with van der Waals surface area (Å²) in [7, 11) is 0. The molecule has 0 unspecified atom stereocenters. The minimum absolute atomic E-state index is 0.278. The highest BCUT2D eigenvalue weighted by molar-refractivity contribution is 9.10. The van der Waals surface area contributed by atoms with Gasteiger partial charge in [-0.05, 0) is 23.8 Å². The smallest absolute Gasteiger partial charge is 0.133 e. The van der Waals surface area contributed by atoms with Crippen molar-refractivity contribution in [3.63, 3.8) is 0 Å². The van der Waals surface area contributed by atoms with E-state index in [0.29, 0.717) is 17.8 Å². The first-order valence-electron chi connectivity index (χ1n) is 6.37. The fourth-order valence-electron chi connectivity index (χ4n) is 2.01. The minimum Gasteiger partial charge on any atom is -0.326 e. The number of benzene rings is 2. The van der Waals surface area contributed by atoms with E-state index in [9.17, 15) is 4.39 Å². The van der Waals surface area contributed by atoms with Crippen LogP contribution in [0.15, 0.2) is 52.3 Å². The summed E-state index contributed by atoms with van der Waals surface area (Å²) in [4.78, 5) is 4.53. The van der Waals surface area contributed by atoms with Crippen LogP contribution < -0.4 is 5.73 Å². The van der Waals surface area contributed by atoms with Gasteiger partial charge in [0.1, 0.15) is 10.8 Å². The van der Waals surface area contributed by atoms with Crippen LogP contribution in [0.3, 0.4) is 0 Å². The van der Waals surface area contributed by atoms with Crippen LogP contribution in [-0.4, -0.2) is 4.98 Å². The summed E-state index contributed by atoms with van der Waals surface area (Å²) in [5.41, 5.74) is 8.85. The Morgan fingerprint density at radius 2 is 1.90 bits per heavy atom. The summed E-state index contributed by atoms with van der Waals surface area (Å²) in [6.07, 6.45) is 0. The fourth-order valence-corrected chi connectivity index (χ4v) is 3.17. The zero-order chi connectivity index (χ0) is 14.8. The Kier molecular flexibility index (Phi) is 4.14. The predicted molar refractivity (Wildman–Crippen MR) is 88.5 cm³/mol. The van der Waals surface area contributed by atoms with Crippen molar-refractivity contribution in [3.8, 4) is 21.8 Å². The molecule has 0 spiro atoms. The maximum Gasteiger partial charge on any atom is 0.133 e. The van der Waals surface area contributed by atoms with Crippen molar-refractivity contribution in [1.29, 1.82) is 0 Å². The summed E-state index contributed by atoms with van der Waals surface area (Å²) in [6.45, 7) is 0.521. The highest BCUT2D eigenvalue weighted by Gasteiger charge is 2.11. The maximum absolute atomic E-state index is 14.0. The van der Waals surface area contributed by atoms with Crippen molar-refractivity contribution < 1.29 is 4.39 Å². The summed E-state index contributed by atoms with van der Waals surface area (Å²) in [5.74, 6) is -0.278. The minimum atomic E-state index is -0.278. The second kappa shape index (κ2) is 6.05. The van der Waals surface area contributed by atoms with Crippen LogP contribution in [0, 0.1) is 5.82 Å². The Balaban J connectivity index is 1.95. The average molecular weight is 363 g/mol. The van der Waals surface area contributed by atoms with Crippen molar-refractivity contribution >= 4 is 27.3 Å². The van der Waals surface area contributed by atoms with Gasteiger partial charge in [0.2, 0.25) is 0 Å². The lowest BCUT2D eigenvalue weighted by Gasteiger charge is -2.01. The first-order valence-corrected chi connectivity index (χ1v) is 8.05. The largest absolute Gasteiger partial charge is 0.326 e. The summed E-state index contributed by atoms with van der Waals surface area (Å²) in [6, 6.07) is 12.9. The molecule has 1 aromatic heterocycles. The molecule has 3 rings (SSSR count). The van der Waals surface area contributed by atoms with Gasteiger partial charge in [0, 0.05) is 27.5 Å². The highest BCUT2D eigenvalue weighted by Crippen LogP contribution is 2.31. The number of nitrogens with two attached hydrogens (primary N) is 1. The van der Waals surface area contributed by atoms with Gasteiger partial charge >= 0.3 is 0 Å². The van der Waals surface area contributed by atoms with Gasteiger partial charge in [0.25, 0.3) is 0 Å². The molecule has 0 amide bonds. The van der Waals surface area contributed by atoms with Crippen LogP contribution >= 0.6 is 27.3 Å². The third-order valence-electron chi connectivity index (χ3n) is 3.15. The van der Waals surface area contributed by atoms with E-state index in [1.807, 2.05) is 35.7 Å². The van der Waals surface area contributed by atoms with E-state index in [1.54, 1.807) is 6.07 Å². The van der Waals surface area contributed by atoms with Gasteiger partial charge in [0.05, 0.1) is 5.69 Å². The Hall–Kier alpha value is -1.56. The molecule has 0 bridgehead atoms. The Bertz CT molecular complexity index is 768. The standard InChI is InChI=1S/C16H12BrFN2S/c17-12-5-6-13(14(18)7-12)15-9-21-16(20-15)11-3-1-10(8-19)2-4-11/h1-7,9H,8,19H2. The van der Waals surface area contributed by atoms with Gasteiger partial charge < -0.3 is 5.73 Å². The average Bonchev–Trinajstić information content (AvgIpc) is 2.97. The molecular formula is C16H12BrFN2S. The van der Waals surface area contributed by atoms with Gasteiger partial charge in [-0.3, -0.25) is 0 Å². The van der Waals surface area contributed by atoms with Gasteiger partial charge in [-0.2, -0.15) is 0 Å². The highest BCUT2D eigenvalue weighted by atomic mass is 79.9. The van der Waals surface area contributed by atoms with Crippen LogP contribution in [0.1, 0.15) is 5.56 Å². The molecule has 0 radical (unpaired) electrons. The zero-order valence-electron chi connectivity index (χ0n) is 11.0. The lowest BCUT2D eigenvalue weighted by molar-refractivity contribution is 0.630. The maximum atomic E-state index is 14.0. The number of thiazole rings is 1. The van der Waals surface area contributed by atoms with Crippen molar-refractivity contribution in [2.45, 2.75) is 6.54 Å². The predicted octanol–water partition coefficient (Wildman–Crippen LogP) is 4.84. The number of aromatic nitrogens is 1. The van der Waals surface area contributed by atoms with E-state index in [0.717, 1.165) is 20.6 Å². The molecule has 5 heteroatoms. The first-order chi connectivity index (χ1) is 10.2. The molecule has 3 aromatic rings. The molecule has 0 aliphatic rings. The number of hydrogen-bond donors (Lipinski definition) is 1. The Labute approximate surface area is 134 Å². The van der Waals surface area contributed by atoms with Gasteiger partial charge in [-0.15, -0.1) is 11.3 Å². The SMILES string of the molecule is NCc1ccc(-c2nc(-c3ccc(Br)cc3F)cs2)cc1. The molecule has 1 heterocycles. The van der Waals surface area contributed by atoms with Crippen LogP contribution in [0.25, 0.3) is 21.8 Å². The van der Waals surface area contributed by atoms with Crippen LogP contribution in [0.4, 0.5) is 4.39 Å². The van der Waals surface area contributed by atoms with E-state index in [-0.39, 0.29) is 5.82 Å². The summed E-state index contributed by atoms with van der Waals surface area (Å²) in [5, 5.41) is 2.74. The third-order valence-corrected chi connectivity index (χ3v) is 4.53. The van der Waals surface area contributed by atoms with Crippen LogP contribution in [-0.2, 0) is 6.54 Å². The van der Waals surface area contributed by atoms with E-state index in [1.165, 1.54) is 17.4 Å². The first kappa shape index (κ1) is 14.4. The third kappa shape index (κ3) is 3.05. The van der Waals surface area contributed by atoms with E-state index in [2.05, 4.69) is 20.9 Å². The van der Waals surface area contributed by atoms with Crippen molar-refractivity contribution in [3.05, 3.63) is 63.7 Å². The zero-order valence-corrected chi connectivity index (χ0v) is 13.4. The number of hydrogen-bond acceptors (Lipinski definition) is 3. The molecule has 0 saturated heterocycles. The van der Waals surface area contributed by atoms with Crippen molar-refractivity contribution in [2.24, 2.45) is 5.73 Å². The van der Waals surface area contributed by atoms with Crippen molar-refractivity contribution in [1.82, 2.24) is 4.98 Å². The van der Waals surface area contributed by atoms with E-state index in [4.69, 9.17) is 5.73 Å². The summed E-state index contributed by atoms with van der Waals surface area (Å²) >= 11 is 4.76. The summed E-state index contributed by atoms with van der Waals surface area (Å²) < 4.78 is 14.7. The van der Waals surface area contributed by atoms with Crippen LogP contribution in [0.2, 0.25) is 0 Å². The normalized spacial score (nSPS) is 10.8. The molecule has 21 heavy (non-hydrogen) atoms. The Morgan fingerprint density at radius 1 is 1.14 bits per heavy atom. The van der Waals surface area contributed by atoms with Gasteiger partial charge in [-0.25, -0.2) is 9.37 Å². The number of nitrogens with zero attached hydrogens (tertiary/aromatic N) is 1. The molecular weight excluding hydrogens is 351 g/mol. The van der Waals surface area contributed by atoms with Crippen molar-refractivity contribution in [2.75, 3.05) is 0 Å². The lowest BCUT2D eigenvalue weighted by atomic mass is 10.1. The van der Waals surface area contributed by atoms with Gasteiger partial charge in [-0.1, -0.05) is 40.2 Å². The van der Waals surface area contributed by atoms with Crippen LogP contribution in [0.5, 0.6) is 0 Å². The monoisotopic (exact) mass is 362 g/mol. The van der Waals surface area contributed by atoms with E-state index >= 15 is 0 Å². The van der Waals surface area contributed by atoms with Gasteiger partial charge in [0.15, 0.2) is 0 Å². The molecule has 2 nitrogen and oxygen atoms in total. The fraction of sp³-hybridized carbons (Fsp3) is 0.0625. The lowest BCUT2D eigenvalue weighted by Crippen LogP contribution is -1.95. The number of halogens is 2. The molecule has 2 aromatic carbocycles. The Morgan fingerprint density at radius 3 is 2.57 bits per heavy atom. The molecule has 2 N–H and O–H groups in total. The molecule has 0 fully saturated rings.